The van der Waals surface area contributed by atoms with Gasteiger partial charge in [0.2, 0.25) is 0 Å². The zero-order valence-corrected chi connectivity index (χ0v) is 12.6. The van der Waals surface area contributed by atoms with Crippen molar-refractivity contribution in [3.63, 3.8) is 0 Å². The van der Waals surface area contributed by atoms with Crippen LogP contribution in [0.1, 0.15) is 44.0 Å². The molecule has 0 radical (unpaired) electrons. The number of nitrogens with one attached hydrogen (secondary N) is 1. The zero-order chi connectivity index (χ0) is 14.7. The smallest absolute Gasteiger partial charge is 0.148 e. The van der Waals surface area contributed by atoms with E-state index in [4.69, 9.17) is 10.8 Å². The minimum absolute atomic E-state index is 0.236. The van der Waals surface area contributed by atoms with Crippen molar-refractivity contribution >= 4 is 11.6 Å². The number of aliphatic hydroxyl groups excluding tert-OH is 1. The molecule has 6 heteroatoms. The molecule has 112 valence electrons. The van der Waals surface area contributed by atoms with Gasteiger partial charge in [0, 0.05) is 31.2 Å². The molecule has 1 aromatic heterocycles. The third kappa shape index (κ3) is 3.02. The van der Waals surface area contributed by atoms with Gasteiger partial charge in [-0.1, -0.05) is 13.8 Å². The molecule has 1 atom stereocenters. The number of piperidine rings is 1. The van der Waals surface area contributed by atoms with Crippen molar-refractivity contribution in [2.75, 3.05) is 30.0 Å². The summed E-state index contributed by atoms with van der Waals surface area (Å²) < 4.78 is 0. The molecule has 1 saturated heterocycles. The highest BCUT2D eigenvalue weighted by atomic mass is 16.3. The SMILES string of the molecule is Cc1c(NN)nc(C(C)C)nc1N1CCCC(CO)C1. The summed E-state index contributed by atoms with van der Waals surface area (Å²) in [6, 6.07) is 0. The molecule has 4 N–H and O–H groups in total. The van der Waals surface area contributed by atoms with Gasteiger partial charge >= 0.3 is 0 Å². The molecule has 1 unspecified atom stereocenters. The average Bonchev–Trinajstić information content (AvgIpc) is 2.47. The monoisotopic (exact) mass is 279 g/mol. The van der Waals surface area contributed by atoms with Crippen molar-refractivity contribution in [1.29, 1.82) is 0 Å². The third-order valence-corrected chi connectivity index (χ3v) is 3.87. The molecule has 2 heterocycles. The number of nitrogens with zero attached hydrogens (tertiary/aromatic N) is 3. The van der Waals surface area contributed by atoms with Crippen LogP contribution in [0.5, 0.6) is 0 Å². The average molecular weight is 279 g/mol. The quantitative estimate of drug-likeness (QED) is 0.570. The van der Waals surface area contributed by atoms with Crippen molar-refractivity contribution in [2.24, 2.45) is 11.8 Å². The Morgan fingerprint density at radius 2 is 2.20 bits per heavy atom. The summed E-state index contributed by atoms with van der Waals surface area (Å²) in [5.41, 5.74) is 3.64. The number of aliphatic hydroxyl groups is 1. The standard InChI is InChI=1S/C14H25N5O/c1-9(2)12-16-13(18-15)10(3)14(17-12)19-6-4-5-11(7-19)8-20/h9,11,20H,4-8,15H2,1-3H3,(H,16,17,18). The second kappa shape index (κ2) is 6.37. The van der Waals surface area contributed by atoms with Crippen molar-refractivity contribution in [2.45, 2.75) is 39.5 Å². The molecule has 2 rings (SSSR count). The van der Waals surface area contributed by atoms with Gasteiger partial charge in [0.1, 0.15) is 17.5 Å². The van der Waals surface area contributed by atoms with Crippen LogP contribution in [0.3, 0.4) is 0 Å². The van der Waals surface area contributed by atoms with Crippen LogP contribution in [-0.2, 0) is 0 Å². The summed E-state index contributed by atoms with van der Waals surface area (Å²) in [6.45, 7) is 8.17. The number of anilines is 2. The van der Waals surface area contributed by atoms with Gasteiger partial charge in [-0.2, -0.15) is 0 Å². The summed E-state index contributed by atoms with van der Waals surface area (Å²) >= 11 is 0. The highest BCUT2D eigenvalue weighted by Gasteiger charge is 2.23. The van der Waals surface area contributed by atoms with E-state index in [0.29, 0.717) is 11.7 Å². The van der Waals surface area contributed by atoms with Crippen LogP contribution in [-0.4, -0.2) is 34.8 Å². The maximum Gasteiger partial charge on any atom is 0.148 e. The second-order valence-corrected chi connectivity index (χ2v) is 5.81. The lowest BCUT2D eigenvalue weighted by Gasteiger charge is -2.34. The molecule has 20 heavy (non-hydrogen) atoms. The molecule has 1 fully saturated rings. The van der Waals surface area contributed by atoms with Crippen molar-refractivity contribution in [1.82, 2.24) is 9.97 Å². The summed E-state index contributed by atoms with van der Waals surface area (Å²) in [7, 11) is 0. The lowest BCUT2D eigenvalue weighted by molar-refractivity contribution is 0.208. The third-order valence-electron chi connectivity index (χ3n) is 3.87. The van der Waals surface area contributed by atoms with E-state index < -0.39 is 0 Å². The number of hydrogen-bond donors (Lipinski definition) is 3. The Balaban J connectivity index is 2.36. The van der Waals surface area contributed by atoms with Crippen LogP contribution >= 0.6 is 0 Å². The molecule has 6 nitrogen and oxygen atoms in total. The first-order valence-electron chi connectivity index (χ1n) is 7.27. The lowest BCUT2D eigenvalue weighted by Crippen LogP contribution is -2.38. The number of hydrazine groups is 1. The second-order valence-electron chi connectivity index (χ2n) is 5.81. The zero-order valence-electron chi connectivity index (χ0n) is 12.6. The van der Waals surface area contributed by atoms with E-state index in [1.54, 1.807) is 0 Å². The number of aromatic nitrogens is 2. The Morgan fingerprint density at radius 1 is 1.45 bits per heavy atom. The molecule has 1 aromatic rings. The maximum atomic E-state index is 9.38. The van der Waals surface area contributed by atoms with E-state index in [9.17, 15) is 5.11 Å². The molecular weight excluding hydrogens is 254 g/mol. The van der Waals surface area contributed by atoms with E-state index in [2.05, 4.69) is 29.2 Å². The fraction of sp³-hybridized carbons (Fsp3) is 0.714. The minimum Gasteiger partial charge on any atom is -0.396 e. The van der Waals surface area contributed by atoms with Gasteiger partial charge in [0.05, 0.1) is 0 Å². The normalized spacial score (nSPS) is 19.5. The fourth-order valence-corrected chi connectivity index (χ4v) is 2.63. The van der Waals surface area contributed by atoms with Crippen molar-refractivity contribution in [3.8, 4) is 0 Å². The Morgan fingerprint density at radius 3 is 2.80 bits per heavy atom. The van der Waals surface area contributed by atoms with Gasteiger partial charge in [-0.05, 0) is 25.7 Å². The van der Waals surface area contributed by atoms with Gasteiger partial charge in [0.25, 0.3) is 0 Å². The summed E-state index contributed by atoms with van der Waals surface area (Å²) in [6.07, 6.45) is 2.16. The van der Waals surface area contributed by atoms with E-state index in [1.807, 2.05) is 6.92 Å². The Kier molecular flexibility index (Phi) is 4.77. The van der Waals surface area contributed by atoms with Crippen LogP contribution in [0, 0.1) is 12.8 Å². The summed E-state index contributed by atoms with van der Waals surface area (Å²) in [5, 5.41) is 9.38. The van der Waals surface area contributed by atoms with Gasteiger partial charge in [-0.25, -0.2) is 15.8 Å². The first kappa shape index (κ1) is 15.0. The minimum atomic E-state index is 0.236. The van der Waals surface area contributed by atoms with E-state index in [-0.39, 0.29) is 12.5 Å². The first-order chi connectivity index (χ1) is 9.56. The molecule has 0 spiro atoms. The molecular formula is C14H25N5O. The summed E-state index contributed by atoms with van der Waals surface area (Å²) in [5.74, 6) is 8.57. The molecule has 0 amide bonds. The van der Waals surface area contributed by atoms with Crippen LogP contribution in [0.4, 0.5) is 11.6 Å². The fourth-order valence-electron chi connectivity index (χ4n) is 2.63. The predicted molar refractivity (Wildman–Crippen MR) is 80.7 cm³/mol. The number of nitrogens with two attached hydrogens (primary N) is 1. The molecule has 1 aliphatic heterocycles. The van der Waals surface area contributed by atoms with Crippen LogP contribution < -0.4 is 16.2 Å². The highest BCUT2D eigenvalue weighted by Crippen LogP contribution is 2.29. The molecule has 0 bridgehead atoms. The Hall–Kier alpha value is -1.40. The number of nitrogen functional groups attached to an aromatic ring is 1. The topological polar surface area (TPSA) is 87.3 Å². The largest absolute Gasteiger partial charge is 0.396 e. The molecule has 0 saturated carbocycles. The predicted octanol–water partition coefficient (Wildman–Crippen LogP) is 1.40. The van der Waals surface area contributed by atoms with Crippen LogP contribution in [0.25, 0.3) is 0 Å². The van der Waals surface area contributed by atoms with Crippen molar-refractivity contribution in [3.05, 3.63) is 11.4 Å². The molecule has 0 aliphatic carbocycles. The van der Waals surface area contributed by atoms with E-state index >= 15 is 0 Å². The van der Waals surface area contributed by atoms with Crippen LogP contribution in [0.15, 0.2) is 0 Å². The highest BCUT2D eigenvalue weighted by molar-refractivity contribution is 5.58. The number of hydrogen-bond acceptors (Lipinski definition) is 6. The summed E-state index contributed by atoms with van der Waals surface area (Å²) in [4.78, 5) is 11.4. The maximum absolute atomic E-state index is 9.38. The molecule has 0 aromatic carbocycles. The molecule has 1 aliphatic rings. The van der Waals surface area contributed by atoms with Crippen molar-refractivity contribution < 1.29 is 5.11 Å². The van der Waals surface area contributed by atoms with Gasteiger partial charge < -0.3 is 15.4 Å². The van der Waals surface area contributed by atoms with E-state index in [1.165, 1.54) is 0 Å². The van der Waals surface area contributed by atoms with Crippen LogP contribution in [0.2, 0.25) is 0 Å². The lowest BCUT2D eigenvalue weighted by atomic mass is 9.99. The Labute approximate surface area is 120 Å². The van der Waals surface area contributed by atoms with Gasteiger partial charge in [-0.15, -0.1) is 0 Å². The first-order valence-corrected chi connectivity index (χ1v) is 7.27. The Bertz CT molecular complexity index is 463. The van der Waals surface area contributed by atoms with E-state index in [0.717, 1.165) is 43.1 Å². The van der Waals surface area contributed by atoms with Gasteiger partial charge in [-0.3, -0.25) is 0 Å². The number of rotatable bonds is 4. The van der Waals surface area contributed by atoms with Gasteiger partial charge in [0.15, 0.2) is 0 Å².